The molecule has 0 aromatic carbocycles. The molecule has 0 amide bonds. The highest BCUT2D eigenvalue weighted by Crippen LogP contribution is 2.30. The Kier molecular flexibility index (Phi) is 2.59. The lowest BCUT2D eigenvalue weighted by molar-refractivity contribution is 0.260. The molecule has 4 nitrogen and oxygen atoms in total. The van der Waals surface area contributed by atoms with Gasteiger partial charge in [0.1, 0.15) is 0 Å². The van der Waals surface area contributed by atoms with Crippen molar-refractivity contribution in [3.63, 3.8) is 0 Å². The lowest BCUT2D eigenvalue weighted by atomic mass is 10.2. The van der Waals surface area contributed by atoms with Crippen LogP contribution in [0.2, 0.25) is 0 Å². The second-order valence-electron chi connectivity index (χ2n) is 4.71. The van der Waals surface area contributed by atoms with Crippen LogP contribution in [0.25, 0.3) is 5.65 Å². The fraction of sp³-hybridized carbons (Fsp3) is 0.538. The van der Waals surface area contributed by atoms with Crippen molar-refractivity contribution < 1.29 is 0 Å². The minimum absolute atomic E-state index is 0.441. The summed E-state index contributed by atoms with van der Waals surface area (Å²) in [5.74, 6) is 1.11. The van der Waals surface area contributed by atoms with Crippen LogP contribution in [0.5, 0.6) is 0 Å². The van der Waals surface area contributed by atoms with Gasteiger partial charge in [0, 0.05) is 5.69 Å². The van der Waals surface area contributed by atoms with Crippen LogP contribution in [0.15, 0.2) is 18.2 Å². The van der Waals surface area contributed by atoms with Gasteiger partial charge in [-0.05, 0) is 45.0 Å². The Hall–Kier alpha value is -1.42. The fourth-order valence-electron chi connectivity index (χ4n) is 2.84. The molecule has 0 bridgehead atoms. The molecular formula is C13H18N4. The lowest BCUT2D eigenvalue weighted by Gasteiger charge is -2.21. The van der Waals surface area contributed by atoms with E-state index in [-0.39, 0.29) is 0 Å². The van der Waals surface area contributed by atoms with Crippen LogP contribution >= 0.6 is 0 Å². The zero-order valence-corrected chi connectivity index (χ0v) is 10.4. The average molecular weight is 230 g/mol. The Morgan fingerprint density at radius 3 is 3.06 bits per heavy atom. The summed E-state index contributed by atoms with van der Waals surface area (Å²) >= 11 is 0. The van der Waals surface area contributed by atoms with Gasteiger partial charge < -0.3 is 0 Å². The van der Waals surface area contributed by atoms with E-state index in [4.69, 9.17) is 0 Å². The van der Waals surface area contributed by atoms with E-state index in [0.717, 1.165) is 18.0 Å². The third-order valence-corrected chi connectivity index (χ3v) is 3.72. The number of rotatable bonds is 2. The summed E-state index contributed by atoms with van der Waals surface area (Å²) in [7, 11) is 0. The molecule has 0 radical (unpaired) electrons. The molecule has 0 aliphatic carbocycles. The average Bonchev–Trinajstić information content (AvgIpc) is 2.94. The molecule has 90 valence electrons. The number of aromatic nitrogens is 3. The van der Waals surface area contributed by atoms with E-state index in [1.807, 2.05) is 12.1 Å². The van der Waals surface area contributed by atoms with E-state index in [1.165, 1.54) is 25.1 Å². The van der Waals surface area contributed by atoms with Crippen molar-refractivity contribution in [2.75, 3.05) is 13.1 Å². The topological polar surface area (TPSA) is 33.4 Å². The summed E-state index contributed by atoms with van der Waals surface area (Å²) in [6.07, 6.45) is 2.46. The fourth-order valence-corrected chi connectivity index (χ4v) is 2.84. The third kappa shape index (κ3) is 1.63. The summed E-state index contributed by atoms with van der Waals surface area (Å²) < 4.78 is 2.19. The Labute approximate surface area is 101 Å². The zero-order valence-electron chi connectivity index (χ0n) is 10.4. The van der Waals surface area contributed by atoms with E-state index in [0.29, 0.717) is 6.04 Å². The number of aryl methyl sites for hydroxylation is 1. The summed E-state index contributed by atoms with van der Waals surface area (Å²) in [5.41, 5.74) is 2.17. The van der Waals surface area contributed by atoms with Crippen LogP contribution in [0.3, 0.4) is 0 Å². The van der Waals surface area contributed by atoms with Crippen LogP contribution < -0.4 is 0 Å². The summed E-state index contributed by atoms with van der Waals surface area (Å²) in [6, 6.07) is 6.62. The highest BCUT2D eigenvalue weighted by atomic mass is 15.3. The Morgan fingerprint density at radius 2 is 2.24 bits per heavy atom. The number of fused-ring (bicyclic) bond motifs is 1. The van der Waals surface area contributed by atoms with Crippen LogP contribution in [-0.4, -0.2) is 32.6 Å². The molecule has 2 aromatic heterocycles. The first kappa shape index (κ1) is 10.7. The first-order valence-corrected chi connectivity index (χ1v) is 6.36. The molecule has 0 saturated carbocycles. The van der Waals surface area contributed by atoms with Gasteiger partial charge in [0.25, 0.3) is 0 Å². The van der Waals surface area contributed by atoms with Gasteiger partial charge in [-0.3, -0.25) is 9.30 Å². The SMILES string of the molecule is CCN1CCCC1c1nnc2cccc(C)n12. The van der Waals surface area contributed by atoms with Crippen LogP contribution in [0, 0.1) is 6.92 Å². The predicted octanol–water partition coefficient (Wildman–Crippen LogP) is 2.19. The molecular weight excluding hydrogens is 212 g/mol. The standard InChI is InChI=1S/C13H18N4/c1-3-16-9-5-7-11(16)13-15-14-12-8-4-6-10(2)17(12)13/h4,6,8,11H,3,5,7,9H2,1-2H3. The first-order chi connectivity index (χ1) is 8.31. The number of pyridine rings is 1. The second kappa shape index (κ2) is 4.11. The molecule has 1 aliphatic rings. The molecule has 3 heterocycles. The Bertz CT molecular complexity index is 531. The van der Waals surface area contributed by atoms with Crippen molar-refractivity contribution in [3.8, 4) is 0 Å². The van der Waals surface area contributed by atoms with Crippen molar-refractivity contribution in [2.45, 2.75) is 32.7 Å². The van der Waals surface area contributed by atoms with Crippen LogP contribution in [0.4, 0.5) is 0 Å². The largest absolute Gasteiger partial charge is 0.294 e. The van der Waals surface area contributed by atoms with E-state index >= 15 is 0 Å². The van der Waals surface area contributed by atoms with Crippen molar-refractivity contribution in [3.05, 3.63) is 29.7 Å². The van der Waals surface area contributed by atoms with Gasteiger partial charge in [0.2, 0.25) is 0 Å². The monoisotopic (exact) mass is 230 g/mol. The number of nitrogens with zero attached hydrogens (tertiary/aromatic N) is 4. The minimum Gasteiger partial charge on any atom is -0.294 e. The summed E-state index contributed by atoms with van der Waals surface area (Å²) in [6.45, 7) is 6.60. The molecule has 0 N–H and O–H groups in total. The predicted molar refractivity (Wildman–Crippen MR) is 66.9 cm³/mol. The molecule has 4 heteroatoms. The second-order valence-corrected chi connectivity index (χ2v) is 4.71. The molecule has 0 spiro atoms. The van der Waals surface area contributed by atoms with E-state index < -0.39 is 0 Å². The normalized spacial score (nSPS) is 21.4. The number of hydrogen-bond donors (Lipinski definition) is 0. The quantitative estimate of drug-likeness (QED) is 0.793. The number of hydrogen-bond acceptors (Lipinski definition) is 3. The maximum atomic E-state index is 4.41. The van der Waals surface area contributed by atoms with Gasteiger partial charge in [-0.15, -0.1) is 10.2 Å². The molecule has 1 aliphatic heterocycles. The third-order valence-electron chi connectivity index (χ3n) is 3.72. The van der Waals surface area contributed by atoms with E-state index in [9.17, 15) is 0 Å². The van der Waals surface area contributed by atoms with Crippen molar-refractivity contribution in [1.29, 1.82) is 0 Å². The number of likely N-dealkylation sites (tertiary alicyclic amines) is 1. The van der Waals surface area contributed by atoms with Crippen molar-refractivity contribution in [2.24, 2.45) is 0 Å². The minimum atomic E-state index is 0.441. The Morgan fingerprint density at radius 1 is 1.35 bits per heavy atom. The van der Waals surface area contributed by atoms with Gasteiger partial charge in [-0.1, -0.05) is 13.0 Å². The molecule has 1 saturated heterocycles. The lowest BCUT2D eigenvalue weighted by Crippen LogP contribution is -2.24. The van der Waals surface area contributed by atoms with Gasteiger partial charge >= 0.3 is 0 Å². The molecule has 3 rings (SSSR count). The highest BCUT2D eigenvalue weighted by molar-refractivity contribution is 5.40. The summed E-state index contributed by atoms with van der Waals surface area (Å²) in [5, 5.41) is 8.69. The maximum absolute atomic E-state index is 4.41. The van der Waals surface area contributed by atoms with Gasteiger partial charge in [-0.25, -0.2) is 0 Å². The van der Waals surface area contributed by atoms with Crippen molar-refractivity contribution in [1.82, 2.24) is 19.5 Å². The highest BCUT2D eigenvalue weighted by Gasteiger charge is 2.28. The van der Waals surface area contributed by atoms with Gasteiger partial charge in [-0.2, -0.15) is 0 Å². The van der Waals surface area contributed by atoms with Crippen molar-refractivity contribution >= 4 is 5.65 Å². The smallest absolute Gasteiger partial charge is 0.161 e. The first-order valence-electron chi connectivity index (χ1n) is 6.36. The molecule has 1 atom stereocenters. The molecule has 2 aromatic rings. The molecule has 1 unspecified atom stereocenters. The van der Waals surface area contributed by atoms with Gasteiger partial charge in [0.15, 0.2) is 11.5 Å². The Balaban J connectivity index is 2.11. The maximum Gasteiger partial charge on any atom is 0.161 e. The van der Waals surface area contributed by atoms with Crippen LogP contribution in [0.1, 0.15) is 37.3 Å². The molecule has 17 heavy (non-hydrogen) atoms. The summed E-state index contributed by atoms with van der Waals surface area (Å²) in [4.78, 5) is 2.49. The zero-order chi connectivity index (χ0) is 11.8. The van der Waals surface area contributed by atoms with E-state index in [1.54, 1.807) is 0 Å². The van der Waals surface area contributed by atoms with Crippen LogP contribution in [-0.2, 0) is 0 Å². The molecule has 1 fully saturated rings. The van der Waals surface area contributed by atoms with E-state index in [2.05, 4.69) is 39.4 Å². The van der Waals surface area contributed by atoms with Gasteiger partial charge in [0.05, 0.1) is 6.04 Å².